The fourth-order valence-electron chi connectivity index (χ4n) is 1.05. The van der Waals surface area contributed by atoms with Crippen LogP contribution >= 0.6 is 23.4 Å². The van der Waals surface area contributed by atoms with E-state index < -0.39 is 5.51 Å². The second kappa shape index (κ2) is 6.16. The lowest BCUT2D eigenvalue weighted by atomic mass is 10.2. The van der Waals surface area contributed by atoms with Crippen molar-refractivity contribution in [3.8, 4) is 5.75 Å². The molecule has 0 bridgehead atoms. The van der Waals surface area contributed by atoms with Gasteiger partial charge >= 0.3 is 5.51 Å². The van der Waals surface area contributed by atoms with Crippen LogP contribution in [-0.2, 0) is 0 Å². The number of hydrogen-bond donors (Lipinski definition) is 0. The van der Waals surface area contributed by atoms with E-state index >= 15 is 0 Å². The van der Waals surface area contributed by atoms with E-state index in [9.17, 15) is 18.0 Å². The van der Waals surface area contributed by atoms with Gasteiger partial charge < -0.3 is 4.74 Å². The first-order valence-corrected chi connectivity index (χ1v) is 5.87. The molecule has 94 valence electrons. The number of carbonyl (C=O) groups is 1. The summed E-state index contributed by atoms with van der Waals surface area (Å²) in [7, 11) is 0. The molecule has 0 spiro atoms. The van der Waals surface area contributed by atoms with Gasteiger partial charge in [-0.25, -0.2) is 0 Å². The fraction of sp³-hybridized carbons (Fsp3) is 0.300. The Morgan fingerprint density at radius 3 is 2.71 bits per heavy atom. The van der Waals surface area contributed by atoms with Crippen molar-refractivity contribution in [3.63, 3.8) is 0 Å². The lowest BCUT2D eigenvalue weighted by Gasteiger charge is -2.09. The van der Waals surface area contributed by atoms with Gasteiger partial charge in [-0.05, 0) is 30.0 Å². The van der Waals surface area contributed by atoms with E-state index in [1.54, 1.807) is 0 Å². The third-order valence-corrected chi connectivity index (χ3v) is 2.64. The number of carbonyl (C=O) groups excluding carboxylic acids is 1. The first kappa shape index (κ1) is 14.2. The predicted octanol–water partition coefficient (Wildman–Crippen LogP) is 3.78. The summed E-state index contributed by atoms with van der Waals surface area (Å²) < 4.78 is 40.5. The molecule has 0 fully saturated rings. The molecular formula is C10H8ClF3O2S. The van der Waals surface area contributed by atoms with Crippen molar-refractivity contribution in [1.29, 1.82) is 0 Å². The van der Waals surface area contributed by atoms with Crippen LogP contribution in [0.1, 0.15) is 10.4 Å². The van der Waals surface area contributed by atoms with Gasteiger partial charge in [-0.2, -0.15) is 13.2 Å². The number of hydrogen-bond acceptors (Lipinski definition) is 3. The fourth-order valence-corrected chi connectivity index (χ4v) is 1.63. The highest BCUT2D eigenvalue weighted by Gasteiger charge is 2.27. The average Bonchev–Trinajstić information content (AvgIpc) is 2.24. The van der Waals surface area contributed by atoms with Gasteiger partial charge in [0.15, 0.2) is 6.29 Å². The number of ether oxygens (including phenoxy) is 1. The molecule has 0 aliphatic carbocycles. The van der Waals surface area contributed by atoms with Crippen LogP contribution in [0.25, 0.3) is 0 Å². The second-order valence-corrected chi connectivity index (χ2v) is 4.54. The number of rotatable bonds is 5. The average molecular weight is 285 g/mol. The molecule has 0 atom stereocenters. The molecule has 0 amide bonds. The molecule has 0 N–H and O–H groups in total. The van der Waals surface area contributed by atoms with E-state index in [0.29, 0.717) is 11.3 Å². The van der Waals surface area contributed by atoms with Crippen LogP contribution < -0.4 is 4.74 Å². The van der Waals surface area contributed by atoms with Crippen molar-refractivity contribution in [3.05, 3.63) is 28.8 Å². The van der Waals surface area contributed by atoms with E-state index in [1.165, 1.54) is 18.2 Å². The van der Waals surface area contributed by atoms with E-state index in [4.69, 9.17) is 16.3 Å². The normalized spacial score (nSPS) is 11.3. The maximum atomic E-state index is 11.8. The quantitative estimate of drug-likeness (QED) is 0.608. The number of halogens is 4. The molecule has 0 unspecified atom stereocenters. The summed E-state index contributed by atoms with van der Waals surface area (Å²) in [5.41, 5.74) is -4.05. The van der Waals surface area contributed by atoms with Crippen molar-refractivity contribution in [2.24, 2.45) is 0 Å². The Balaban J connectivity index is 2.49. The summed E-state index contributed by atoms with van der Waals surface area (Å²) in [6, 6.07) is 4.34. The summed E-state index contributed by atoms with van der Waals surface area (Å²) in [6.07, 6.45) is 0.540. The van der Waals surface area contributed by atoms with E-state index in [0.717, 1.165) is 0 Å². The molecule has 0 heterocycles. The number of alkyl halides is 3. The van der Waals surface area contributed by atoms with Crippen LogP contribution in [0.3, 0.4) is 0 Å². The zero-order valence-electron chi connectivity index (χ0n) is 8.46. The predicted molar refractivity (Wildman–Crippen MR) is 60.8 cm³/mol. The van der Waals surface area contributed by atoms with Gasteiger partial charge in [0, 0.05) is 10.8 Å². The topological polar surface area (TPSA) is 26.3 Å². The Hall–Kier alpha value is -0.880. The Bertz CT molecular complexity index is 396. The van der Waals surface area contributed by atoms with Gasteiger partial charge in [-0.15, -0.1) is 0 Å². The molecule has 0 radical (unpaired) electrons. The minimum Gasteiger partial charge on any atom is -0.492 e. The standard InChI is InChI=1S/C10H8ClF3O2S/c11-8-1-2-9(7(5-8)6-15)16-3-4-17-10(12,13)14/h1-2,5-6H,3-4H2. The molecule has 1 aromatic carbocycles. The molecule has 0 aliphatic rings. The van der Waals surface area contributed by atoms with Gasteiger partial charge in [0.1, 0.15) is 5.75 Å². The second-order valence-electron chi connectivity index (χ2n) is 2.94. The number of benzene rings is 1. The molecule has 0 saturated carbocycles. The zero-order valence-corrected chi connectivity index (χ0v) is 10.0. The maximum Gasteiger partial charge on any atom is 0.441 e. The lowest BCUT2D eigenvalue weighted by Crippen LogP contribution is -2.08. The monoisotopic (exact) mass is 284 g/mol. The lowest BCUT2D eigenvalue weighted by molar-refractivity contribution is -0.0329. The highest BCUT2D eigenvalue weighted by molar-refractivity contribution is 8.00. The Kier molecular flexibility index (Phi) is 5.14. The summed E-state index contributed by atoms with van der Waals surface area (Å²) in [6.45, 7) is -0.132. The maximum absolute atomic E-state index is 11.8. The molecule has 0 aliphatic heterocycles. The van der Waals surface area contributed by atoms with Crippen LogP contribution in [0.15, 0.2) is 18.2 Å². The highest BCUT2D eigenvalue weighted by Crippen LogP contribution is 2.30. The molecule has 17 heavy (non-hydrogen) atoms. The first-order valence-electron chi connectivity index (χ1n) is 4.50. The van der Waals surface area contributed by atoms with Crippen molar-refractivity contribution >= 4 is 29.6 Å². The van der Waals surface area contributed by atoms with Crippen molar-refractivity contribution in [2.75, 3.05) is 12.4 Å². The largest absolute Gasteiger partial charge is 0.492 e. The van der Waals surface area contributed by atoms with Gasteiger partial charge in [-0.1, -0.05) is 11.6 Å². The van der Waals surface area contributed by atoms with Crippen LogP contribution in [0, 0.1) is 0 Å². The van der Waals surface area contributed by atoms with E-state index in [-0.39, 0.29) is 35.4 Å². The summed E-state index contributed by atoms with van der Waals surface area (Å²) in [5.74, 6) is -0.00286. The Labute approximate surface area is 105 Å². The number of thioether (sulfide) groups is 1. The summed E-state index contributed by atoms with van der Waals surface area (Å²) >= 11 is 5.48. The summed E-state index contributed by atoms with van der Waals surface area (Å²) in [4.78, 5) is 10.6. The van der Waals surface area contributed by atoms with Crippen molar-refractivity contribution in [1.82, 2.24) is 0 Å². The van der Waals surface area contributed by atoms with Gasteiger partial charge in [-0.3, -0.25) is 4.79 Å². The first-order chi connectivity index (χ1) is 7.92. The van der Waals surface area contributed by atoms with Crippen molar-refractivity contribution in [2.45, 2.75) is 5.51 Å². The Morgan fingerprint density at radius 1 is 1.41 bits per heavy atom. The third kappa shape index (κ3) is 5.32. The molecule has 1 aromatic rings. The van der Waals surface area contributed by atoms with Gasteiger partial charge in [0.05, 0.1) is 12.2 Å². The number of aldehydes is 1. The molecule has 0 aromatic heterocycles. The minimum atomic E-state index is -4.27. The minimum absolute atomic E-state index is 0.132. The van der Waals surface area contributed by atoms with Crippen LogP contribution in [0.2, 0.25) is 5.02 Å². The van der Waals surface area contributed by atoms with E-state index in [2.05, 4.69) is 0 Å². The van der Waals surface area contributed by atoms with Crippen LogP contribution in [-0.4, -0.2) is 24.2 Å². The molecule has 1 rings (SSSR count). The Morgan fingerprint density at radius 2 is 2.12 bits per heavy atom. The third-order valence-electron chi connectivity index (χ3n) is 1.71. The van der Waals surface area contributed by atoms with Crippen molar-refractivity contribution < 1.29 is 22.7 Å². The SMILES string of the molecule is O=Cc1cc(Cl)ccc1OCCSC(F)(F)F. The molecule has 7 heteroatoms. The van der Waals surface area contributed by atoms with E-state index in [1.807, 2.05) is 0 Å². The molecule has 2 nitrogen and oxygen atoms in total. The van der Waals surface area contributed by atoms with Gasteiger partial charge in [0.2, 0.25) is 0 Å². The smallest absolute Gasteiger partial charge is 0.441 e. The zero-order chi connectivity index (χ0) is 12.9. The molecular weight excluding hydrogens is 277 g/mol. The molecule has 0 saturated heterocycles. The van der Waals surface area contributed by atoms with Gasteiger partial charge in [0.25, 0.3) is 0 Å². The highest BCUT2D eigenvalue weighted by atomic mass is 35.5. The van der Waals surface area contributed by atoms with Crippen LogP contribution in [0.5, 0.6) is 5.75 Å². The summed E-state index contributed by atoms with van der Waals surface area (Å²) in [5, 5.41) is 0.365. The van der Waals surface area contributed by atoms with Crippen LogP contribution in [0.4, 0.5) is 13.2 Å².